The number of sulfonamides is 1. The van der Waals surface area contributed by atoms with Crippen LogP contribution in [0.2, 0.25) is 0 Å². The summed E-state index contributed by atoms with van der Waals surface area (Å²) in [5.41, 5.74) is 6.18. The Morgan fingerprint density at radius 2 is 1.88 bits per heavy atom. The number of anilines is 2. The zero-order valence-electron chi connectivity index (χ0n) is 13.3. The van der Waals surface area contributed by atoms with E-state index in [4.69, 9.17) is 5.73 Å². The Hall–Kier alpha value is -3.27. The van der Waals surface area contributed by atoms with Crippen molar-refractivity contribution in [2.45, 2.75) is 11.3 Å². The third-order valence-electron chi connectivity index (χ3n) is 4.01. The van der Waals surface area contributed by atoms with Crippen LogP contribution < -0.4 is 15.4 Å². The number of fused-ring (bicyclic) bond motifs is 1. The fraction of sp³-hybridized carbons (Fsp3) is 0.125. The number of phenols is 1. The zero-order valence-corrected chi connectivity index (χ0v) is 14.2. The Labute approximate surface area is 148 Å². The summed E-state index contributed by atoms with van der Waals surface area (Å²) >= 11 is 0. The van der Waals surface area contributed by atoms with Crippen LogP contribution >= 0.6 is 0 Å². The molecule has 0 spiro atoms. The molecule has 26 heavy (non-hydrogen) atoms. The first-order valence-corrected chi connectivity index (χ1v) is 8.96. The summed E-state index contributed by atoms with van der Waals surface area (Å²) < 4.78 is 27.4. The molecular formula is C16H15N3O6S. The van der Waals surface area contributed by atoms with E-state index in [1.165, 1.54) is 12.1 Å². The highest BCUT2D eigenvalue weighted by atomic mass is 32.2. The van der Waals surface area contributed by atoms with E-state index >= 15 is 0 Å². The van der Waals surface area contributed by atoms with E-state index in [1.807, 2.05) is 0 Å². The molecule has 1 aliphatic heterocycles. The number of hydrogen-bond donors (Lipinski definition) is 4. The van der Waals surface area contributed by atoms with E-state index in [0.717, 1.165) is 28.7 Å². The number of primary amides is 1. The molecule has 0 unspecified atom stereocenters. The van der Waals surface area contributed by atoms with Gasteiger partial charge in [0.1, 0.15) is 5.75 Å². The van der Waals surface area contributed by atoms with E-state index in [-0.39, 0.29) is 16.1 Å². The van der Waals surface area contributed by atoms with Gasteiger partial charge in [-0.3, -0.25) is 14.4 Å². The molecule has 0 atom stereocenters. The molecule has 0 radical (unpaired) electrons. The summed E-state index contributed by atoms with van der Waals surface area (Å²) in [5.74, 6) is -1.39. The van der Waals surface area contributed by atoms with Crippen molar-refractivity contribution >= 4 is 33.4 Å². The molecule has 5 N–H and O–H groups in total. The second-order valence-electron chi connectivity index (χ2n) is 5.68. The zero-order chi connectivity index (χ0) is 19.1. The van der Waals surface area contributed by atoms with Gasteiger partial charge in [-0.05, 0) is 42.3 Å². The van der Waals surface area contributed by atoms with E-state index in [2.05, 4.69) is 4.72 Å². The maximum Gasteiger partial charge on any atom is 0.411 e. The first kappa shape index (κ1) is 17.5. The van der Waals surface area contributed by atoms with Gasteiger partial charge in [-0.2, -0.15) is 0 Å². The van der Waals surface area contributed by atoms with Gasteiger partial charge in [-0.15, -0.1) is 0 Å². The molecular weight excluding hydrogens is 362 g/mol. The van der Waals surface area contributed by atoms with Crippen LogP contribution in [0.25, 0.3) is 0 Å². The summed E-state index contributed by atoms with van der Waals surface area (Å²) in [6, 6.07) is 7.77. The van der Waals surface area contributed by atoms with Crippen LogP contribution in [0.15, 0.2) is 41.3 Å². The van der Waals surface area contributed by atoms with Crippen LogP contribution in [0.3, 0.4) is 0 Å². The molecule has 0 aliphatic carbocycles. The number of nitrogens with one attached hydrogen (secondary N) is 1. The Kier molecular flexibility index (Phi) is 4.20. The standard InChI is InChI=1S/C16H15N3O6S/c17-15(21)12-8-11(3-4-14(12)20)26(24,25)18-10-2-1-9-5-6-19(16(22)23)13(9)7-10/h1-4,7-8,18,20H,5-6H2,(H2,17,21)(H,22,23). The molecule has 10 heteroatoms. The molecule has 0 saturated heterocycles. The van der Waals surface area contributed by atoms with Crippen LogP contribution in [-0.2, 0) is 16.4 Å². The number of nitrogens with two attached hydrogens (primary N) is 1. The summed E-state index contributed by atoms with van der Waals surface area (Å²) in [6.45, 7) is 0.306. The Balaban J connectivity index is 1.94. The van der Waals surface area contributed by atoms with Gasteiger partial charge in [0.25, 0.3) is 15.9 Å². The molecule has 1 heterocycles. The number of hydrogen-bond acceptors (Lipinski definition) is 5. The fourth-order valence-corrected chi connectivity index (χ4v) is 3.81. The number of carbonyl (C=O) groups excluding carboxylic acids is 1. The molecule has 9 nitrogen and oxygen atoms in total. The molecule has 0 aromatic heterocycles. The largest absolute Gasteiger partial charge is 0.507 e. The van der Waals surface area contributed by atoms with Crippen molar-refractivity contribution < 1.29 is 28.2 Å². The highest BCUT2D eigenvalue weighted by Crippen LogP contribution is 2.32. The summed E-state index contributed by atoms with van der Waals surface area (Å²) in [5, 5.41) is 18.8. The monoisotopic (exact) mass is 377 g/mol. The van der Waals surface area contributed by atoms with Crippen LogP contribution in [0, 0.1) is 0 Å². The normalized spacial score (nSPS) is 13.3. The van der Waals surface area contributed by atoms with E-state index in [0.29, 0.717) is 18.7 Å². The highest BCUT2D eigenvalue weighted by Gasteiger charge is 2.25. The predicted molar refractivity (Wildman–Crippen MR) is 93.0 cm³/mol. The van der Waals surface area contributed by atoms with E-state index in [9.17, 15) is 28.2 Å². The van der Waals surface area contributed by atoms with Gasteiger partial charge in [0.05, 0.1) is 21.8 Å². The van der Waals surface area contributed by atoms with Gasteiger partial charge in [-0.1, -0.05) is 6.07 Å². The minimum Gasteiger partial charge on any atom is -0.507 e. The summed E-state index contributed by atoms with van der Waals surface area (Å²) in [7, 11) is -4.08. The molecule has 0 bridgehead atoms. The lowest BCUT2D eigenvalue weighted by Crippen LogP contribution is -2.26. The number of carboxylic acid groups (broad SMARTS) is 1. The lowest BCUT2D eigenvalue weighted by Gasteiger charge is -2.15. The van der Waals surface area contributed by atoms with Gasteiger partial charge >= 0.3 is 6.09 Å². The number of carbonyl (C=O) groups is 2. The van der Waals surface area contributed by atoms with Crippen molar-refractivity contribution in [1.82, 2.24) is 0 Å². The van der Waals surface area contributed by atoms with E-state index in [1.54, 1.807) is 6.07 Å². The molecule has 0 saturated carbocycles. The molecule has 2 amide bonds. The maximum absolute atomic E-state index is 12.5. The van der Waals surface area contributed by atoms with Crippen molar-refractivity contribution in [3.8, 4) is 5.75 Å². The number of nitrogens with zero attached hydrogens (tertiary/aromatic N) is 1. The SMILES string of the molecule is NC(=O)c1cc(S(=O)(=O)Nc2ccc3c(c2)N(C(=O)O)CC3)ccc1O. The third kappa shape index (κ3) is 3.14. The van der Waals surface area contributed by atoms with Crippen molar-refractivity contribution in [3.05, 3.63) is 47.5 Å². The molecule has 0 fully saturated rings. The molecule has 1 aliphatic rings. The molecule has 3 rings (SSSR count). The van der Waals surface area contributed by atoms with Gasteiger partial charge in [0, 0.05) is 6.54 Å². The van der Waals surface area contributed by atoms with E-state index < -0.39 is 27.8 Å². The van der Waals surface area contributed by atoms with Crippen molar-refractivity contribution in [1.29, 1.82) is 0 Å². The quantitative estimate of drug-likeness (QED) is 0.631. The fourth-order valence-electron chi connectivity index (χ4n) is 2.74. The average Bonchev–Trinajstić information content (AvgIpc) is 2.97. The number of rotatable bonds is 4. The number of amides is 2. The lowest BCUT2D eigenvalue weighted by molar-refractivity contribution is 0.0997. The van der Waals surface area contributed by atoms with Crippen LogP contribution in [-0.4, -0.2) is 37.2 Å². The van der Waals surface area contributed by atoms with Gasteiger partial charge in [0.2, 0.25) is 0 Å². The molecule has 2 aromatic carbocycles. The van der Waals surface area contributed by atoms with Crippen LogP contribution in [0.1, 0.15) is 15.9 Å². The Bertz CT molecular complexity index is 1020. The highest BCUT2D eigenvalue weighted by molar-refractivity contribution is 7.92. The molecule has 136 valence electrons. The predicted octanol–water partition coefficient (Wildman–Crippen LogP) is 1.33. The average molecular weight is 377 g/mol. The summed E-state index contributed by atoms with van der Waals surface area (Å²) in [4.78, 5) is 23.4. The smallest absolute Gasteiger partial charge is 0.411 e. The Morgan fingerprint density at radius 1 is 1.15 bits per heavy atom. The minimum absolute atomic E-state index is 0.172. The van der Waals surface area contributed by atoms with Gasteiger partial charge in [0.15, 0.2) is 0 Å². The topological polar surface area (TPSA) is 150 Å². The first-order valence-electron chi connectivity index (χ1n) is 7.48. The van der Waals surface area contributed by atoms with Crippen LogP contribution in [0.5, 0.6) is 5.75 Å². The first-order chi connectivity index (χ1) is 12.2. The van der Waals surface area contributed by atoms with Gasteiger partial charge in [-0.25, -0.2) is 13.2 Å². The lowest BCUT2D eigenvalue weighted by atomic mass is 10.1. The van der Waals surface area contributed by atoms with Crippen molar-refractivity contribution in [2.24, 2.45) is 5.73 Å². The van der Waals surface area contributed by atoms with Crippen molar-refractivity contribution in [2.75, 3.05) is 16.2 Å². The molecule has 2 aromatic rings. The second-order valence-corrected chi connectivity index (χ2v) is 7.36. The summed E-state index contributed by atoms with van der Waals surface area (Å²) in [6.07, 6.45) is -0.567. The second kappa shape index (κ2) is 6.23. The van der Waals surface area contributed by atoms with Crippen molar-refractivity contribution in [3.63, 3.8) is 0 Å². The minimum atomic E-state index is -4.08. The Morgan fingerprint density at radius 3 is 2.54 bits per heavy atom. The maximum atomic E-state index is 12.5. The number of benzene rings is 2. The number of aromatic hydroxyl groups is 1. The van der Waals surface area contributed by atoms with Crippen LogP contribution in [0.4, 0.5) is 16.2 Å². The third-order valence-corrected chi connectivity index (χ3v) is 5.39. The van der Waals surface area contributed by atoms with Gasteiger partial charge < -0.3 is 15.9 Å².